The smallest absolute Gasteiger partial charge is 0.336 e. The number of rotatable bonds is 28. The summed E-state index contributed by atoms with van der Waals surface area (Å²) in [4.78, 5) is 50.7. The van der Waals surface area contributed by atoms with Crippen molar-refractivity contribution in [2.24, 2.45) is 5.92 Å². The number of ether oxygens (including phenoxy) is 3. The van der Waals surface area contributed by atoms with Crippen LogP contribution in [0.15, 0.2) is 36.4 Å². The molecular formula is C37H59NO9. The van der Waals surface area contributed by atoms with Crippen LogP contribution < -0.4 is 10.1 Å². The summed E-state index contributed by atoms with van der Waals surface area (Å²) in [6.07, 6.45) is 15.7. The lowest BCUT2D eigenvalue weighted by Gasteiger charge is -2.30. The molecule has 266 valence electrons. The summed E-state index contributed by atoms with van der Waals surface area (Å²) < 4.78 is 15.6. The number of allylic oxidation sites excluding steroid dienone is 1. The molecule has 1 rings (SSSR count). The molecule has 10 heteroatoms. The van der Waals surface area contributed by atoms with Crippen molar-refractivity contribution < 1.29 is 43.6 Å². The molecule has 0 aliphatic heterocycles. The maximum atomic E-state index is 13.6. The van der Waals surface area contributed by atoms with Gasteiger partial charge in [-0.25, -0.2) is 9.59 Å². The first-order valence-electron chi connectivity index (χ1n) is 17.4. The van der Waals surface area contributed by atoms with E-state index in [1.165, 1.54) is 39.6 Å². The molecular weight excluding hydrogens is 602 g/mol. The molecule has 0 aromatic heterocycles. The number of hydrogen-bond donors (Lipinski definition) is 3. The van der Waals surface area contributed by atoms with Crippen LogP contribution >= 0.6 is 0 Å². The summed E-state index contributed by atoms with van der Waals surface area (Å²) in [5.41, 5.74) is -1.73. The Balaban J connectivity index is 2.85. The van der Waals surface area contributed by atoms with Crippen molar-refractivity contribution in [1.82, 2.24) is 5.32 Å². The lowest BCUT2D eigenvalue weighted by Crippen LogP contribution is -2.55. The van der Waals surface area contributed by atoms with Gasteiger partial charge in [0, 0.05) is 39.4 Å². The predicted octanol–water partition coefficient (Wildman–Crippen LogP) is 6.36. The summed E-state index contributed by atoms with van der Waals surface area (Å²) in [6, 6.07) is 6.03. The number of carbonyl (C=O) groups is 4. The molecule has 3 atom stereocenters. The molecule has 0 saturated heterocycles. The molecule has 0 bridgehead atoms. The molecule has 10 nitrogen and oxygen atoms in total. The number of nitrogens with one attached hydrogen (secondary N) is 1. The molecule has 0 saturated carbocycles. The molecule has 3 N–H and O–H groups in total. The number of methoxy groups -OCH3 is 2. The summed E-state index contributed by atoms with van der Waals surface area (Å²) >= 11 is 0. The zero-order valence-electron chi connectivity index (χ0n) is 29.1. The van der Waals surface area contributed by atoms with Gasteiger partial charge < -0.3 is 29.7 Å². The average molecular weight is 662 g/mol. The van der Waals surface area contributed by atoms with Crippen LogP contribution in [0.1, 0.15) is 116 Å². The van der Waals surface area contributed by atoms with Gasteiger partial charge >= 0.3 is 11.9 Å². The predicted molar refractivity (Wildman–Crippen MR) is 182 cm³/mol. The van der Waals surface area contributed by atoms with E-state index in [-0.39, 0.29) is 19.4 Å². The van der Waals surface area contributed by atoms with Crippen LogP contribution in [0.5, 0.6) is 5.75 Å². The Kier molecular flexibility index (Phi) is 22.1. The Morgan fingerprint density at radius 1 is 0.851 bits per heavy atom. The zero-order chi connectivity index (χ0) is 34.9. The number of esters is 1. The van der Waals surface area contributed by atoms with E-state index in [2.05, 4.69) is 19.2 Å². The zero-order valence-corrected chi connectivity index (χ0v) is 29.1. The number of unbranched alkanes of at least 4 members (excludes halogenated alkanes) is 9. The first-order chi connectivity index (χ1) is 22.6. The molecule has 0 radical (unpaired) electrons. The fraction of sp³-hybridized carbons (Fsp3) is 0.676. The third kappa shape index (κ3) is 16.9. The number of ketones is 1. The largest absolute Gasteiger partial charge is 0.494 e. The molecule has 1 aromatic rings. The lowest BCUT2D eigenvalue weighted by atomic mass is 9.83. The number of carboxylic acids is 1. The maximum absolute atomic E-state index is 13.6. The van der Waals surface area contributed by atoms with Crippen LogP contribution in [0.4, 0.5) is 0 Å². The van der Waals surface area contributed by atoms with E-state index < -0.39 is 35.4 Å². The lowest BCUT2D eigenvalue weighted by molar-refractivity contribution is -0.169. The van der Waals surface area contributed by atoms with Crippen molar-refractivity contribution in [2.45, 2.75) is 128 Å². The quantitative estimate of drug-likeness (QED) is 0.0530. The highest BCUT2D eigenvalue weighted by Gasteiger charge is 2.47. The fourth-order valence-electron chi connectivity index (χ4n) is 5.23. The number of hydrogen-bond acceptors (Lipinski definition) is 8. The summed E-state index contributed by atoms with van der Waals surface area (Å²) in [5, 5.41) is 23.9. The topological polar surface area (TPSA) is 148 Å². The maximum Gasteiger partial charge on any atom is 0.336 e. The van der Waals surface area contributed by atoms with Gasteiger partial charge in [0.2, 0.25) is 5.91 Å². The number of amides is 1. The highest BCUT2D eigenvalue weighted by atomic mass is 16.5. The third-order valence-corrected chi connectivity index (χ3v) is 8.25. The van der Waals surface area contributed by atoms with Gasteiger partial charge in [0.1, 0.15) is 17.6 Å². The van der Waals surface area contributed by atoms with E-state index in [4.69, 9.17) is 14.2 Å². The van der Waals surface area contributed by atoms with Gasteiger partial charge in [0.05, 0.1) is 19.6 Å². The number of aliphatic carboxylic acids is 1. The highest BCUT2D eigenvalue weighted by Crippen LogP contribution is 2.26. The van der Waals surface area contributed by atoms with Gasteiger partial charge in [-0.15, -0.1) is 0 Å². The van der Waals surface area contributed by atoms with Crippen molar-refractivity contribution in [2.75, 3.05) is 27.4 Å². The minimum absolute atomic E-state index is 0.0923. The van der Waals surface area contributed by atoms with Crippen LogP contribution in [0.2, 0.25) is 0 Å². The van der Waals surface area contributed by atoms with Crippen LogP contribution in [-0.4, -0.2) is 72.9 Å². The number of aliphatic hydroxyl groups is 1. The Hall–Kier alpha value is -3.24. The molecule has 1 amide bonds. The first-order valence-corrected chi connectivity index (χ1v) is 17.4. The second-order valence-electron chi connectivity index (χ2n) is 12.2. The van der Waals surface area contributed by atoms with Crippen LogP contribution in [0.3, 0.4) is 0 Å². The van der Waals surface area contributed by atoms with Crippen molar-refractivity contribution in [1.29, 1.82) is 0 Å². The van der Waals surface area contributed by atoms with E-state index >= 15 is 0 Å². The molecule has 0 aliphatic rings. The van der Waals surface area contributed by atoms with Crippen LogP contribution in [0, 0.1) is 5.92 Å². The van der Waals surface area contributed by atoms with Gasteiger partial charge in [-0.1, -0.05) is 83.1 Å². The number of Topliss-reactive ketones (excluding diaryl/α,β-unsaturated/α-hetero) is 1. The summed E-state index contributed by atoms with van der Waals surface area (Å²) in [5.74, 6) is -3.56. The van der Waals surface area contributed by atoms with Gasteiger partial charge in [0.25, 0.3) is 0 Å². The Bertz CT molecular complexity index is 1070. The van der Waals surface area contributed by atoms with Gasteiger partial charge in [0.15, 0.2) is 5.60 Å². The Labute approximate surface area is 281 Å². The number of benzene rings is 1. The average Bonchev–Trinajstić information content (AvgIpc) is 3.06. The molecule has 1 aromatic carbocycles. The third-order valence-electron chi connectivity index (χ3n) is 8.25. The molecule has 47 heavy (non-hydrogen) atoms. The number of carboxylic acid groups (broad SMARTS) is 1. The second kappa shape index (κ2) is 24.9. The minimum atomic E-state index is -2.47. The first kappa shape index (κ1) is 41.8. The van der Waals surface area contributed by atoms with Crippen molar-refractivity contribution in [3.05, 3.63) is 42.0 Å². The fourth-order valence-corrected chi connectivity index (χ4v) is 5.23. The Morgan fingerprint density at radius 3 is 2.04 bits per heavy atom. The second-order valence-corrected chi connectivity index (χ2v) is 12.2. The van der Waals surface area contributed by atoms with Crippen molar-refractivity contribution in [3.8, 4) is 5.75 Å². The van der Waals surface area contributed by atoms with Crippen LogP contribution in [-0.2, 0) is 35.1 Å². The number of carbonyl (C=O) groups excluding carboxylic acids is 3. The molecule has 0 spiro atoms. The van der Waals surface area contributed by atoms with Gasteiger partial charge in [-0.05, 0) is 49.8 Å². The van der Waals surface area contributed by atoms with E-state index in [1.54, 1.807) is 30.3 Å². The normalized spacial score (nSPS) is 13.9. The molecule has 0 fully saturated rings. The summed E-state index contributed by atoms with van der Waals surface area (Å²) in [6.45, 7) is 4.76. The highest BCUT2D eigenvalue weighted by molar-refractivity contribution is 5.92. The van der Waals surface area contributed by atoms with E-state index in [0.29, 0.717) is 37.4 Å². The van der Waals surface area contributed by atoms with Gasteiger partial charge in [-0.3, -0.25) is 9.59 Å². The van der Waals surface area contributed by atoms with Crippen LogP contribution in [0.25, 0.3) is 0 Å². The standard InChI is InChI=1S/C37H59NO9/c1-5-7-9-12-15-18-30(39)19-16-13-10-11-14-17-20-32(37(44,36(42)43)25-27-45-3)34(40)38-33(35(41)46-4)28-29-21-23-31(24-22-29)47-26-8-6-2/h17,20-24,32-33,44H,5-16,18-19,25-28H2,1-4H3,(H,38,40)(H,42,43)/t32-,33?,37+/m1/s1. The van der Waals surface area contributed by atoms with E-state index in [9.17, 15) is 29.4 Å². The Morgan fingerprint density at radius 2 is 1.47 bits per heavy atom. The van der Waals surface area contributed by atoms with Gasteiger partial charge in [-0.2, -0.15) is 0 Å². The van der Waals surface area contributed by atoms with E-state index in [1.807, 2.05) is 0 Å². The SMILES string of the molecule is CCCCCCCC(=O)CCCCCCC=C[C@H](C(=O)NC(Cc1ccc(OCCCC)cc1)C(=O)OC)[C@@](O)(CCOC)C(=O)O. The molecule has 0 heterocycles. The molecule has 1 unspecified atom stereocenters. The molecule has 0 aliphatic carbocycles. The monoisotopic (exact) mass is 661 g/mol. The van der Waals surface area contributed by atoms with Crippen molar-refractivity contribution in [3.63, 3.8) is 0 Å². The minimum Gasteiger partial charge on any atom is -0.494 e. The van der Waals surface area contributed by atoms with E-state index in [0.717, 1.165) is 56.9 Å². The van der Waals surface area contributed by atoms with Crippen molar-refractivity contribution >= 4 is 23.6 Å². The summed E-state index contributed by atoms with van der Waals surface area (Å²) in [7, 11) is 2.59.